The minimum absolute atomic E-state index is 0.174. The van der Waals surface area contributed by atoms with E-state index in [4.69, 9.17) is 4.98 Å². The first-order valence-electron chi connectivity index (χ1n) is 10.8. The highest BCUT2D eigenvalue weighted by Crippen LogP contribution is 2.22. The fourth-order valence-electron chi connectivity index (χ4n) is 4.01. The number of nitrogens with zero attached hydrogens (tertiary/aromatic N) is 6. The van der Waals surface area contributed by atoms with Crippen molar-refractivity contribution in [2.24, 2.45) is 0 Å². The van der Waals surface area contributed by atoms with Crippen LogP contribution in [0.1, 0.15) is 31.0 Å². The van der Waals surface area contributed by atoms with Crippen molar-refractivity contribution in [3.05, 3.63) is 71.1 Å². The van der Waals surface area contributed by atoms with Crippen LogP contribution >= 0.6 is 0 Å². The van der Waals surface area contributed by atoms with E-state index in [1.54, 1.807) is 28.0 Å². The normalized spacial score (nSPS) is 13.5. The maximum atomic E-state index is 13.0. The van der Waals surface area contributed by atoms with Crippen molar-refractivity contribution < 1.29 is 0 Å². The van der Waals surface area contributed by atoms with E-state index in [9.17, 15) is 4.79 Å². The van der Waals surface area contributed by atoms with Crippen molar-refractivity contribution in [3.8, 4) is 5.82 Å². The molecule has 0 bridgehead atoms. The molecule has 164 valence electrons. The van der Waals surface area contributed by atoms with Gasteiger partial charge in [0.05, 0.1) is 19.1 Å². The largest absolute Gasteiger partial charge is 0.333 e. The van der Waals surface area contributed by atoms with Crippen LogP contribution in [-0.2, 0) is 19.5 Å². The molecule has 2 N–H and O–H groups in total. The summed E-state index contributed by atoms with van der Waals surface area (Å²) in [4.78, 5) is 26.7. The number of anilines is 2. The molecular weight excluding hydrogens is 404 g/mol. The van der Waals surface area contributed by atoms with Gasteiger partial charge < -0.3 is 15.2 Å². The molecule has 4 aromatic rings. The van der Waals surface area contributed by atoms with Crippen molar-refractivity contribution in [1.29, 1.82) is 0 Å². The van der Waals surface area contributed by atoms with Gasteiger partial charge in [-0.05, 0) is 50.1 Å². The molecule has 4 heterocycles. The number of imidazole rings is 1. The van der Waals surface area contributed by atoms with Crippen molar-refractivity contribution in [2.75, 3.05) is 11.9 Å². The zero-order chi connectivity index (χ0) is 22.2. The molecule has 0 radical (unpaired) electrons. The molecule has 0 saturated carbocycles. The molecule has 1 aliphatic heterocycles. The summed E-state index contributed by atoms with van der Waals surface area (Å²) < 4.78 is 5.31. The van der Waals surface area contributed by atoms with Gasteiger partial charge in [0.15, 0.2) is 11.5 Å². The quantitative estimate of drug-likeness (QED) is 0.457. The molecule has 9 nitrogen and oxygen atoms in total. The third-order valence-electron chi connectivity index (χ3n) is 5.73. The van der Waals surface area contributed by atoms with Gasteiger partial charge >= 0.3 is 0 Å². The van der Waals surface area contributed by atoms with E-state index in [2.05, 4.69) is 53.2 Å². The van der Waals surface area contributed by atoms with E-state index in [0.29, 0.717) is 29.3 Å². The van der Waals surface area contributed by atoms with Crippen LogP contribution in [0.2, 0.25) is 0 Å². The fraction of sp³-hybridized carbons (Fsp3) is 0.304. The third kappa shape index (κ3) is 3.50. The summed E-state index contributed by atoms with van der Waals surface area (Å²) in [6.07, 6.45) is 7.93. The Balaban J connectivity index is 1.59. The predicted octanol–water partition coefficient (Wildman–Crippen LogP) is 2.93. The van der Waals surface area contributed by atoms with E-state index in [0.717, 1.165) is 25.2 Å². The Labute approximate surface area is 185 Å². The Morgan fingerprint density at radius 2 is 2.16 bits per heavy atom. The molecule has 0 saturated heterocycles. The Kier molecular flexibility index (Phi) is 5.10. The predicted molar refractivity (Wildman–Crippen MR) is 125 cm³/mol. The van der Waals surface area contributed by atoms with Crippen LogP contribution < -0.4 is 16.2 Å². The third-order valence-corrected chi connectivity index (χ3v) is 5.73. The second-order valence-corrected chi connectivity index (χ2v) is 8.23. The van der Waals surface area contributed by atoms with Crippen LogP contribution in [0.25, 0.3) is 16.9 Å². The molecular formula is C23H26N8O. The molecule has 0 unspecified atom stereocenters. The van der Waals surface area contributed by atoms with Gasteiger partial charge in [-0.25, -0.2) is 19.3 Å². The number of aromatic nitrogens is 6. The van der Waals surface area contributed by atoms with E-state index in [-0.39, 0.29) is 11.6 Å². The summed E-state index contributed by atoms with van der Waals surface area (Å²) in [6, 6.07) is 6.55. The van der Waals surface area contributed by atoms with E-state index in [1.807, 2.05) is 16.8 Å². The van der Waals surface area contributed by atoms with Gasteiger partial charge in [-0.3, -0.25) is 4.79 Å². The van der Waals surface area contributed by atoms with Gasteiger partial charge in [0.1, 0.15) is 5.39 Å². The number of nitrogens with one attached hydrogen (secondary N) is 2. The summed E-state index contributed by atoms with van der Waals surface area (Å²) in [5, 5.41) is 7.12. The lowest BCUT2D eigenvalue weighted by molar-refractivity contribution is 0.588. The van der Waals surface area contributed by atoms with Crippen LogP contribution in [0.4, 0.5) is 11.6 Å². The van der Waals surface area contributed by atoms with Gasteiger partial charge in [-0.1, -0.05) is 12.1 Å². The summed E-state index contributed by atoms with van der Waals surface area (Å²) in [7, 11) is 0. The first kappa shape index (κ1) is 20.2. The zero-order valence-electron chi connectivity index (χ0n) is 18.2. The Morgan fingerprint density at radius 3 is 2.94 bits per heavy atom. The molecule has 1 aliphatic rings. The Bertz CT molecular complexity index is 1360. The molecule has 0 atom stereocenters. The second kappa shape index (κ2) is 8.08. The molecule has 3 aromatic heterocycles. The number of hydrogen-bond donors (Lipinski definition) is 2. The van der Waals surface area contributed by atoms with Gasteiger partial charge in [0.25, 0.3) is 5.56 Å². The van der Waals surface area contributed by atoms with Gasteiger partial charge in [-0.15, -0.1) is 6.58 Å². The lowest BCUT2D eigenvalue weighted by atomic mass is 10.0. The minimum atomic E-state index is -0.174. The highest BCUT2D eigenvalue weighted by Gasteiger charge is 2.19. The van der Waals surface area contributed by atoms with Crippen LogP contribution in [0.15, 0.2) is 54.4 Å². The Hall–Kier alpha value is -3.72. The van der Waals surface area contributed by atoms with Gasteiger partial charge in [0.2, 0.25) is 5.95 Å². The van der Waals surface area contributed by atoms with E-state index < -0.39 is 0 Å². The number of rotatable bonds is 6. The molecule has 0 spiro atoms. The van der Waals surface area contributed by atoms with Gasteiger partial charge in [0, 0.05) is 24.5 Å². The maximum absolute atomic E-state index is 13.0. The summed E-state index contributed by atoms with van der Waals surface area (Å²) in [5.41, 5.74) is 3.89. The van der Waals surface area contributed by atoms with Gasteiger partial charge in [-0.2, -0.15) is 4.98 Å². The van der Waals surface area contributed by atoms with Crippen LogP contribution in [-0.4, -0.2) is 35.4 Å². The first-order valence-corrected chi connectivity index (χ1v) is 10.8. The second-order valence-electron chi connectivity index (χ2n) is 8.23. The molecule has 5 rings (SSSR count). The molecule has 0 aliphatic carbocycles. The maximum Gasteiger partial charge on any atom is 0.278 e. The SMILES string of the molecule is C=CCn1c(=O)c2cnc(Nc3ccc4c(c3)CCNC4)nc2n1-c1cn(C(C)C)cn1. The minimum Gasteiger partial charge on any atom is -0.333 e. The molecule has 1 aromatic carbocycles. The molecule has 0 amide bonds. The fourth-order valence-corrected chi connectivity index (χ4v) is 4.01. The topological polar surface area (TPSA) is 94.6 Å². The van der Waals surface area contributed by atoms with Crippen LogP contribution in [0.3, 0.4) is 0 Å². The van der Waals surface area contributed by atoms with Crippen molar-refractivity contribution in [1.82, 2.24) is 34.2 Å². The highest BCUT2D eigenvalue weighted by molar-refractivity contribution is 5.77. The monoisotopic (exact) mass is 430 g/mol. The summed E-state index contributed by atoms with van der Waals surface area (Å²) in [5.74, 6) is 1.05. The van der Waals surface area contributed by atoms with Crippen LogP contribution in [0, 0.1) is 0 Å². The first-order chi connectivity index (χ1) is 15.5. The van der Waals surface area contributed by atoms with E-state index >= 15 is 0 Å². The standard InChI is InChI=1S/C23H26N8O/c1-4-9-30-22(32)19-12-25-23(27-18-6-5-17-11-24-8-7-16(17)10-18)28-21(19)31(30)20-13-29(14-26-20)15(2)3/h4-6,10,12-15,24H,1,7-9,11H2,2-3H3,(H,25,27,28). The van der Waals surface area contributed by atoms with E-state index in [1.165, 1.54) is 11.1 Å². The smallest absolute Gasteiger partial charge is 0.278 e. The number of benzene rings is 1. The number of hydrogen-bond acceptors (Lipinski definition) is 6. The number of allylic oxidation sites excluding steroid dienone is 1. The molecule has 32 heavy (non-hydrogen) atoms. The van der Waals surface area contributed by atoms with Crippen LogP contribution in [0.5, 0.6) is 0 Å². The average Bonchev–Trinajstić information content (AvgIpc) is 3.38. The summed E-state index contributed by atoms with van der Waals surface area (Å²) >= 11 is 0. The van der Waals surface area contributed by atoms with Crippen molar-refractivity contribution >= 4 is 22.7 Å². The molecule has 9 heteroatoms. The summed E-state index contributed by atoms with van der Waals surface area (Å²) in [6.45, 7) is 10.2. The number of fused-ring (bicyclic) bond motifs is 2. The Morgan fingerprint density at radius 1 is 1.28 bits per heavy atom. The zero-order valence-corrected chi connectivity index (χ0v) is 18.2. The molecule has 0 fully saturated rings. The average molecular weight is 431 g/mol. The lowest BCUT2D eigenvalue weighted by Crippen LogP contribution is -2.23. The van der Waals surface area contributed by atoms with Crippen molar-refractivity contribution in [2.45, 2.75) is 39.4 Å². The highest BCUT2D eigenvalue weighted by atomic mass is 16.1. The van der Waals surface area contributed by atoms with Crippen molar-refractivity contribution in [3.63, 3.8) is 0 Å². The lowest BCUT2D eigenvalue weighted by Gasteiger charge is -2.18.